The van der Waals surface area contributed by atoms with Gasteiger partial charge in [-0.2, -0.15) is 0 Å². The van der Waals surface area contributed by atoms with Crippen LogP contribution in [0.5, 0.6) is 0 Å². The number of rotatable bonds is 4. The molecule has 0 bridgehead atoms. The molecule has 0 aliphatic heterocycles. The molecular weight excluding hydrogens is 222 g/mol. The maximum absolute atomic E-state index is 5.52. The van der Waals surface area contributed by atoms with Crippen LogP contribution in [0, 0.1) is 0 Å². The molecule has 16 heavy (non-hydrogen) atoms. The smallest absolute Gasteiger partial charge is 0.122 e. The molecule has 0 radical (unpaired) electrons. The number of nitrogens with two attached hydrogens (primary N) is 1. The van der Waals surface area contributed by atoms with E-state index in [0.29, 0.717) is 22.8 Å². The Kier molecular flexibility index (Phi) is 3.36. The lowest BCUT2D eigenvalue weighted by atomic mass is 9.89. The van der Waals surface area contributed by atoms with Crippen molar-refractivity contribution in [2.75, 3.05) is 12.4 Å². The number of nitrogens with one attached hydrogen (secondary N) is 1. The molecule has 0 atom stereocenters. The SMILES string of the molecule is COC1CC(Nc2ccnc(C(N)=S)c2)C1. The van der Waals surface area contributed by atoms with Gasteiger partial charge in [-0.25, -0.2) is 0 Å². The van der Waals surface area contributed by atoms with Gasteiger partial charge in [-0.05, 0) is 25.0 Å². The molecule has 5 heteroatoms. The first-order chi connectivity index (χ1) is 7.69. The first-order valence-corrected chi connectivity index (χ1v) is 5.65. The highest BCUT2D eigenvalue weighted by Gasteiger charge is 2.28. The van der Waals surface area contributed by atoms with Crippen LogP contribution in [0.2, 0.25) is 0 Å². The molecule has 1 fully saturated rings. The summed E-state index contributed by atoms with van der Waals surface area (Å²) in [5.74, 6) is 0. The highest BCUT2D eigenvalue weighted by Crippen LogP contribution is 2.26. The van der Waals surface area contributed by atoms with Gasteiger partial charge in [0, 0.05) is 25.0 Å². The van der Waals surface area contributed by atoms with Gasteiger partial charge in [0.2, 0.25) is 0 Å². The predicted octanol–water partition coefficient (Wildman–Crippen LogP) is 1.31. The van der Waals surface area contributed by atoms with Crippen LogP contribution in [0.1, 0.15) is 18.5 Å². The largest absolute Gasteiger partial charge is 0.388 e. The second-order valence-electron chi connectivity index (χ2n) is 3.96. The molecule has 0 amide bonds. The number of methoxy groups -OCH3 is 1. The molecule has 86 valence electrons. The summed E-state index contributed by atoms with van der Waals surface area (Å²) in [6, 6.07) is 4.27. The van der Waals surface area contributed by atoms with E-state index in [4.69, 9.17) is 22.7 Å². The van der Waals surface area contributed by atoms with Gasteiger partial charge in [0.25, 0.3) is 0 Å². The van der Waals surface area contributed by atoms with Crippen molar-refractivity contribution in [3.8, 4) is 0 Å². The summed E-state index contributed by atoms with van der Waals surface area (Å²) < 4.78 is 5.22. The van der Waals surface area contributed by atoms with Gasteiger partial charge in [-0.15, -0.1) is 0 Å². The number of aromatic nitrogens is 1. The van der Waals surface area contributed by atoms with Crippen LogP contribution < -0.4 is 11.1 Å². The molecule has 0 unspecified atom stereocenters. The van der Waals surface area contributed by atoms with E-state index >= 15 is 0 Å². The van der Waals surface area contributed by atoms with Gasteiger partial charge < -0.3 is 15.8 Å². The monoisotopic (exact) mass is 237 g/mol. The molecule has 1 saturated carbocycles. The minimum Gasteiger partial charge on any atom is -0.388 e. The summed E-state index contributed by atoms with van der Waals surface area (Å²) in [7, 11) is 1.75. The van der Waals surface area contributed by atoms with E-state index in [1.165, 1.54) is 0 Å². The molecule has 1 aliphatic rings. The van der Waals surface area contributed by atoms with Crippen molar-refractivity contribution in [1.29, 1.82) is 0 Å². The fraction of sp³-hybridized carbons (Fsp3) is 0.455. The normalized spacial score (nSPS) is 23.6. The summed E-state index contributed by atoms with van der Waals surface area (Å²) in [6.45, 7) is 0. The van der Waals surface area contributed by atoms with Crippen molar-refractivity contribution >= 4 is 22.9 Å². The molecule has 4 nitrogen and oxygen atoms in total. The van der Waals surface area contributed by atoms with Crippen LogP contribution >= 0.6 is 12.2 Å². The summed E-state index contributed by atoms with van der Waals surface area (Å²) in [4.78, 5) is 4.42. The lowest BCUT2D eigenvalue weighted by Gasteiger charge is -2.35. The van der Waals surface area contributed by atoms with Gasteiger partial charge in [0.15, 0.2) is 0 Å². The van der Waals surface area contributed by atoms with Crippen LogP contribution in [-0.4, -0.2) is 29.2 Å². The molecular formula is C11H15N3OS. The molecule has 3 N–H and O–H groups in total. The van der Waals surface area contributed by atoms with Crippen LogP contribution in [0.3, 0.4) is 0 Å². The Hall–Kier alpha value is -1.20. The fourth-order valence-corrected chi connectivity index (χ4v) is 1.88. The molecule has 0 aromatic carbocycles. The Morgan fingerprint density at radius 2 is 2.38 bits per heavy atom. The summed E-state index contributed by atoms with van der Waals surface area (Å²) in [6.07, 6.45) is 4.19. The van der Waals surface area contributed by atoms with Gasteiger partial charge >= 0.3 is 0 Å². The van der Waals surface area contributed by atoms with Gasteiger partial charge in [-0.3, -0.25) is 4.98 Å². The summed E-state index contributed by atoms with van der Waals surface area (Å²) in [5.41, 5.74) is 7.19. The van der Waals surface area contributed by atoms with Gasteiger partial charge in [0.1, 0.15) is 4.99 Å². The Bertz CT molecular complexity index is 391. The van der Waals surface area contributed by atoms with E-state index in [0.717, 1.165) is 18.5 Å². The highest BCUT2D eigenvalue weighted by molar-refractivity contribution is 7.80. The van der Waals surface area contributed by atoms with Gasteiger partial charge in [0.05, 0.1) is 11.8 Å². The number of hydrogen-bond donors (Lipinski definition) is 2. The third kappa shape index (κ3) is 2.48. The van der Waals surface area contributed by atoms with E-state index < -0.39 is 0 Å². The zero-order chi connectivity index (χ0) is 11.5. The first-order valence-electron chi connectivity index (χ1n) is 5.24. The Balaban J connectivity index is 1.95. The van der Waals surface area contributed by atoms with Crippen molar-refractivity contribution < 1.29 is 4.74 Å². The van der Waals surface area contributed by atoms with Gasteiger partial charge in [-0.1, -0.05) is 12.2 Å². The number of nitrogens with zero attached hydrogens (tertiary/aromatic N) is 1. The van der Waals surface area contributed by atoms with Crippen molar-refractivity contribution in [1.82, 2.24) is 4.98 Å². The summed E-state index contributed by atoms with van der Waals surface area (Å²) in [5, 5.41) is 3.40. The number of pyridine rings is 1. The van der Waals surface area contributed by atoms with Crippen LogP contribution in [0.15, 0.2) is 18.3 Å². The standard InChI is InChI=1S/C11H15N3OS/c1-15-9-4-8(5-9)14-7-2-3-13-10(6-7)11(12)16/h2-3,6,8-9H,4-5H2,1H3,(H2,12,16)(H,13,14). The van der Waals surface area contributed by atoms with E-state index in [9.17, 15) is 0 Å². The topological polar surface area (TPSA) is 60.2 Å². The second-order valence-corrected chi connectivity index (χ2v) is 4.40. The van der Waals surface area contributed by atoms with Crippen molar-refractivity contribution in [2.24, 2.45) is 5.73 Å². The van der Waals surface area contributed by atoms with E-state index in [2.05, 4.69) is 10.3 Å². The minimum atomic E-state index is 0.326. The average molecular weight is 237 g/mol. The Morgan fingerprint density at radius 1 is 1.62 bits per heavy atom. The number of thiocarbonyl (C=S) groups is 1. The zero-order valence-corrected chi connectivity index (χ0v) is 9.96. The Labute approximate surface area is 100 Å². The second kappa shape index (κ2) is 4.76. The molecule has 0 saturated heterocycles. The Morgan fingerprint density at radius 3 is 3.00 bits per heavy atom. The van der Waals surface area contributed by atoms with Crippen LogP contribution in [0.25, 0.3) is 0 Å². The molecule has 1 heterocycles. The predicted molar refractivity (Wildman–Crippen MR) is 67.6 cm³/mol. The van der Waals surface area contributed by atoms with Crippen molar-refractivity contribution in [2.45, 2.75) is 25.0 Å². The highest BCUT2D eigenvalue weighted by atomic mass is 32.1. The maximum atomic E-state index is 5.52. The lowest BCUT2D eigenvalue weighted by molar-refractivity contribution is 0.0329. The lowest BCUT2D eigenvalue weighted by Crippen LogP contribution is -2.40. The third-order valence-electron chi connectivity index (χ3n) is 2.81. The van der Waals surface area contributed by atoms with Crippen LogP contribution in [0.4, 0.5) is 5.69 Å². The summed E-state index contributed by atoms with van der Waals surface area (Å²) >= 11 is 4.88. The average Bonchev–Trinajstić information content (AvgIpc) is 2.23. The van der Waals surface area contributed by atoms with Crippen molar-refractivity contribution in [3.05, 3.63) is 24.0 Å². The number of ether oxygens (including phenoxy) is 1. The molecule has 0 spiro atoms. The van der Waals surface area contributed by atoms with Crippen LogP contribution in [-0.2, 0) is 4.74 Å². The fourth-order valence-electron chi connectivity index (χ4n) is 1.77. The first kappa shape index (κ1) is 11.3. The quantitative estimate of drug-likeness (QED) is 0.773. The van der Waals surface area contributed by atoms with E-state index in [1.54, 1.807) is 13.3 Å². The molecule has 1 aromatic rings. The van der Waals surface area contributed by atoms with E-state index in [1.807, 2.05) is 12.1 Å². The molecule has 1 aromatic heterocycles. The zero-order valence-electron chi connectivity index (χ0n) is 9.14. The third-order valence-corrected chi connectivity index (χ3v) is 3.02. The van der Waals surface area contributed by atoms with Crippen molar-refractivity contribution in [3.63, 3.8) is 0 Å². The molecule has 1 aliphatic carbocycles. The maximum Gasteiger partial charge on any atom is 0.122 e. The van der Waals surface area contributed by atoms with E-state index in [-0.39, 0.29) is 0 Å². The number of hydrogen-bond acceptors (Lipinski definition) is 4. The molecule has 2 rings (SSSR count). The number of anilines is 1. The minimum absolute atomic E-state index is 0.326.